The second-order valence-corrected chi connectivity index (χ2v) is 6.81. The van der Waals surface area contributed by atoms with Crippen molar-refractivity contribution in [3.8, 4) is 0 Å². The Bertz CT molecular complexity index is 842. The molecular weight excluding hydrogens is 324 g/mol. The van der Waals surface area contributed by atoms with Gasteiger partial charge in [0, 0.05) is 18.7 Å². The van der Waals surface area contributed by atoms with E-state index in [1.54, 1.807) is 38.1 Å². The number of ether oxygens (including phenoxy) is 1. The van der Waals surface area contributed by atoms with Gasteiger partial charge >= 0.3 is 5.97 Å². The van der Waals surface area contributed by atoms with Crippen LogP contribution in [0.4, 0.5) is 5.69 Å². The van der Waals surface area contributed by atoms with Gasteiger partial charge in [0.25, 0.3) is 0 Å². The second-order valence-electron chi connectivity index (χ2n) is 5.84. The van der Waals surface area contributed by atoms with Crippen molar-refractivity contribution in [3.63, 3.8) is 0 Å². The van der Waals surface area contributed by atoms with E-state index in [1.807, 2.05) is 6.92 Å². The lowest BCUT2D eigenvalue weighted by Gasteiger charge is -2.04. The van der Waals surface area contributed by atoms with Crippen LogP contribution in [0.2, 0.25) is 0 Å². The molecule has 1 heterocycles. The van der Waals surface area contributed by atoms with E-state index in [-0.39, 0.29) is 11.8 Å². The van der Waals surface area contributed by atoms with Crippen molar-refractivity contribution >= 4 is 28.8 Å². The number of hydrogen-bond acceptors (Lipinski definition) is 5. The predicted molar refractivity (Wildman–Crippen MR) is 92.9 cm³/mol. The smallest absolute Gasteiger partial charge is 0.338 e. The molecule has 126 valence electrons. The van der Waals surface area contributed by atoms with Gasteiger partial charge in [0.05, 0.1) is 22.7 Å². The minimum Gasteiger partial charge on any atom is -0.462 e. The standard InChI is InChI=1S/C18H20N2O3S/c1-4-23-17(22)13-5-7-14(8-6-13)19-18-20(15-9-10-15)11(2)16(24-18)12(3)21/h5-8,15H,4,9-10H2,1-3H3/b19-18+. The van der Waals surface area contributed by atoms with Crippen LogP contribution >= 0.6 is 11.3 Å². The number of thiazole rings is 1. The average Bonchev–Trinajstić information content (AvgIpc) is 3.32. The molecule has 0 atom stereocenters. The van der Waals surface area contributed by atoms with Gasteiger partial charge in [0.2, 0.25) is 0 Å². The zero-order valence-corrected chi connectivity index (χ0v) is 14.9. The van der Waals surface area contributed by atoms with E-state index in [2.05, 4.69) is 9.56 Å². The molecule has 1 aliphatic carbocycles. The van der Waals surface area contributed by atoms with Crippen LogP contribution in [0.15, 0.2) is 29.3 Å². The number of rotatable bonds is 5. The van der Waals surface area contributed by atoms with E-state index >= 15 is 0 Å². The zero-order chi connectivity index (χ0) is 17.3. The molecule has 1 saturated carbocycles. The maximum absolute atomic E-state index is 11.8. The quantitative estimate of drug-likeness (QED) is 0.612. The van der Waals surface area contributed by atoms with Crippen LogP contribution in [0.1, 0.15) is 58.5 Å². The fourth-order valence-corrected chi connectivity index (χ4v) is 3.74. The van der Waals surface area contributed by atoms with Crippen LogP contribution in [0.3, 0.4) is 0 Å². The summed E-state index contributed by atoms with van der Waals surface area (Å²) in [6, 6.07) is 7.47. The van der Waals surface area contributed by atoms with E-state index in [0.29, 0.717) is 18.2 Å². The van der Waals surface area contributed by atoms with Crippen molar-refractivity contribution < 1.29 is 14.3 Å². The molecule has 1 aromatic carbocycles. The lowest BCUT2D eigenvalue weighted by Crippen LogP contribution is -2.14. The van der Waals surface area contributed by atoms with Crippen LogP contribution in [0.5, 0.6) is 0 Å². The van der Waals surface area contributed by atoms with Gasteiger partial charge in [-0.2, -0.15) is 0 Å². The molecule has 0 radical (unpaired) electrons. The van der Waals surface area contributed by atoms with Crippen molar-refractivity contribution in [3.05, 3.63) is 45.2 Å². The maximum atomic E-state index is 11.8. The topological polar surface area (TPSA) is 60.7 Å². The van der Waals surface area contributed by atoms with E-state index in [9.17, 15) is 9.59 Å². The SMILES string of the molecule is CCOC(=O)c1ccc(/N=c2/sc(C(C)=O)c(C)n2C2CC2)cc1. The van der Waals surface area contributed by atoms with E-state index < -0.39 is 0 Å². The summed E-state index contributed by atoms with van der Waals surface area (Å²) in [5.41, 5.74) is 2.27. The summed E-state index contributed by atoms with van der Waals surface area (Å²) in [7, 11) is 0. The van der Waals surface area contributed by atoms with Crippen molar-refractivity contribution in [2.45, 2.75) is 39.7 Å². The maximum Gasteiger partial charge on any atom is 0.338 e. The highest BCUT2D eigenvalue weighted by Crippen LogP contribution is 2.36. The number of esters is 1. The molecule has 1 aromatic heterocycles. The first-order chi connectivity index (χ1) is 11.5. The zero-order valence-electron chi connectivity index (χ0n) is 14.0. The summed E-state index contributed by atoms with van der Waals surface area (Å²) in [5.74, 6) is -0.256. The molecule has 6 heteroatoms. The summed E-state index contributed by atoms with van der Waals surface area (Å²) >= 11 is 1.43. The Kier molecular flexibility index (Phi) is 4.66. The number of carbonyl (C=O) groups excluding carboxylic acids is 2. The summed E-state index contributed by atoms with van der Waals surface area (Å²) in [5, 5.41) is 0. The highest BCUT2D eigenvalue weighted by molar-refractivity contribution is 7.11. The third-order valence-electron chi connectivity index (χ3n) is 3.92. The number of Topliss-reactive ketones (excluding diaryl/α,β-unsaturated/α-hetero) is 1. The van der Waals surface area contributed by atoms with Crippen LogP contribution < -0.4 is 4.80 Å². The van der Waals surface area contributed by atoms with Crippen LogP contribution in [0, 0.1) is 6.92 Å². The molecule has 0 spiro atoms. The van der Waals surface area contributed by atoms with Gasteiger partial charge in [0.15, 0.2) is 10.6 Å². The van der Waals surface area contributed by atoms with Crippen molar-refractivity contribution in [1.29, 1.82) is 0 Å². The highest BCUT2D eigenvalue weighted by Gasteiger charge is 2.28. The molecule has 1 fully saturated rings. The van der Waals surface area contributed by atoms with Gasteiger partial charge in [0.1, 0.15) is 0 Å². The second kappa shape index (κ2) is 6.73. The van der Waals surface area contributed by atoms with Gasteiger partial charge in [-0.1, -0.05) is 11.3 Å². The van der Waals surface area contributed by atoms with Crippen molar-refractivity contribution in [2.75, 3.05) is 6.61 Å². The number of benzene rings is 1. The average molecular weight is 344 g/mol. The first-order valence-electron chi connectivity index (χ1n) is 8.06. The number of carbonyl (C=O) groups is 2. The summed E-state index contributed by atoms with van der Waals surface area (Å²) in [6.45, 7) is 5.71. The molecule has 1 aliphatic rings. The Labute approximate surface area is 144 Å². The Hall–Kier alpha value is -2.21. The molecule has 24 heavy (non-hydrogen) atoms. The van der Waals surface area contributed by atoms with Gasteiger partial charge in [-0.25, -0.2) is 9.79 Å². The fourth-order valence-electron chi connectivity index (χ4n) is 2.63. The summed E-state index contributed by atoms with van der Waals surface area (Å²) < 4.78 is 7.15. The van der Waals surface area contributed by atoms with Crippen molar-refractivity contribution in [1.82, 2.24) is 4.57 Å². The third kappa shape index (κ3) is 3.33. The Morgan fingerprint density at radius 2 is 1.96 bits per heavy atom. The first-order valence-corrected chi connectivity index (χ1v) is 8.87. The lowest BCUT2D eigenvalue weighted by molar-refractivity contribution is 0.0526. The van der Waals surface area contributed by atoms with E-state index in [0.717, 1.165) is 33.9 Å². The molecule has 0 N–H and O–H groups in total. The Morgan fingerprint density at radius 3 is 2.50 bits per heavy atom. The highest BCUT2D eigenvalue weighted by atomic mass is 32.1. The van der Waals surface area contributed by atoms with E-state index in [1.165, 1.54) is 11.3 Å². The number of aromatic nitrogens is 1. The molecular formula is C18H20N2O3S. The predicted octanol–water partition coefficient (Wildman–Crippen LogP) is 3.80. The van der Waals surface area contributed by atoms with E-state index in [4.69, 9.17) is 4.74 Å². The van der Waals surface area contributed by atoms with Gasteiger partial charge in [-0.3, -0.25) is 4.79 Å². The van der Waals surface area contributed by atoms with Gasteiger partial charge < -0.3 is 9.30 Å². The Morgan fingerprint density at radius 1 is 1.29 bits per heavy atom. The first kappa shape index (κ1) is 16.6. The molecule has 2 aromatic rings. The largest absolute Gasteiger partial charge is 0.462 e. The molecule has 0 saturated heterocycles. The minimum atomic E-state index is -0.331. The monoisotopic (exact) mass is 344 g/mol. The molecule has 0 unspecified atom stereocenters. The molecule has 0 aliphatic heterocycles. The lowest BCUT2D eigenvalue weighted by atomic mass is 10.2. The summed E-state index contributed by atoms with van der Waals surface area (Å²) in [6.07, 6.45) is 2.26. The fraction of sp³-hybridized carbons (Fsp3) is 0.389. The van der Waals surface area contributed by atoms with Crippen LogP contribution in [-0.2, 0) is 4.74 Å². The summed E-state index contributed by atoms with van der Waals surface area (Å²) in [4.78, 5) is 29.8. The van der Waals surface area contributed by atoms with Crippen LogP contribution in [0.25, 0.3) is 0 Å². The van der Waals surface area contributed by atoms with Crippen LogP contribution in [-0.4, -0.2) is 22.9 Å². The Balaban J connectivity index is 1.98. The van der Waals surface area contributed by atoms with Gasteiger partial charge in [-0.05, 0) is 51.0 Å². The third-order valence-corrected chi connectivity index (χ3v) is 5.18. The normalized spacial score (nSPS) is 14.7. The number of nitrogens with zero attached hydrogens (tertiary/aromatic N) is 2. The molecule has 0 amide bonds. The van der Waals surface area contributed by atoms with Crippen molar-refractivity contribution in [2.24, 2.45) is 4.99 Å². The number of ketones is 1. The molecule has 3 rings (SSSR count). The minimum absolute atomic E-state index is 0.0750. The number of hydrogen-bond donors (Lipinski definition) is 0. The molecule has 5 nitrogen and oxygen atoms in total. The molecule has 0 bridgehead atoms. The van der Waals surface area contributed by atoms with Gasteiger partial charge in [-0.15, -0.1) is 0 Å².